The van der Waals surface area contributed by atoms with E-state index in [2.05, 4.69) is 24.8 Å². The maximum Gasteiger partial charge on any atom is 0.227 e. The summed E-state index contributed by atoms with van der Waals surface area (Å²) in [5.41, 5.74) is -0.255. The van der Waals surface area contributed by atoms with Crippen LogP contribution >= 0.6 is 11.6 Å². The number of aliphatic hydroxyl groups is 1. The number of rotatable bonds is 4. The molecule has 0 radical (unpaired) electrons. The van der Waals surface area contributed by atoms with Gasteiger partial charge >= 0.3 is 0 Å². The number of halogens is 1. The van der Waals surface area contributed by atoms with Gasteiger partial charge in [-0.1, -0.05) is 11.6 Å². The molecule has 6 rings (SSSR count). The maximum atomic E-state index is 12.6. The van der Waals surface area contributed by atoms with Crippen LogP contribution in [-0.4, -0.2) is 66.8 Å². The maximum absolute atomic E-state index is 12.6. The van der Waals surface area contributed by atoms with Gasteiger partial charge in [0.05, 0.1) is 39.1 Å². The first-order chi connectivity index (χ1) is 14.6. The molecule has 0 spiro atoms. The van der Waals surface area contributed by atoms with Crippen molar-refractivity contribution in [3.05, 3.63) is 29.4 Å². The van der Waals surface area contributed by atoms with Gasteiger partial charge < -0.3 is 14.9 Å². The number of hydrogen-bond donors (Lipinski definition) is 1. The van der Waals surface area contributed by atoms with Gasteiger partial charge in [0.2, 0.25) is 5.95 Å². The minimum absolute atomic E-state index is 0.106. The van der Waals surface area contributed by atoms with Crippen LogP contribution in [0.1, 0.15) is 31.0 Å². The van der Waals surface area contributed by atoms with Gasteiger partial charge in [-0.15, -0.1) is 0 Å². The van der Waals surface area contributed by atoms with E-state index in [9.17, 15) is 9.32 Å². The predicted octanol–water partition coefficient (Wildman–Crippen LogP) is 1.61. The van der Waals surface area contributed by atoms with Gasteiger partial charge in [-0.05, 0) is 31.1 Å². The summed E-state index contributed by atoms with van der Waals surface area (Å²) in [6.45, 7) is 2.51. The Morgan fingerprint density at radius 2 is 1.90 bits per heavy atom. The van der Waals surface area contributed by atoms with Crippen molar-refractivity contribution < 1.29 is 9.32 Å². The Kier molecular flexibility index (Phi) is 4.30. The highest BCUT2D eigenvalue weighted by Crippen LogP contribution is 2.57. The van der Waals surface area contributed by atoms with Gasteiger partial charge in [-0.25, -0.2) is 15.0 Å². The zero-order valence-corrected chi connectivity index (χ0v) is 18.0. The highest BCUT2D eigenvalue weighted by molar-refractivity contribution is 7.85. The smallest absolute Gasteiger partial charge is 0.227 e. The second kappa shape index (κ2) is 6.83. The Bertz CT molecular complexity index is 999. The lowest BCUT2D eigenvalue weighted by molar-refractivity contribution is 0.115. The summed E-state index contributed by atoms with van der Waals surface area (Å²) in [7, 11) is -1.09. The van der Waals surface area contributed by atoms with Gasteiger partial charge in [0.25, 0.3) is 0 Å². The van der Waals surface area contributed by atoms with Gasteiger partial charge in [0, 0.05) is 43.7 Å². The summed E-state index contributed by atoms with van der Waals surface area (Å²) in [6.07, 6.45) is 8.06. The van der Waals surface area contributed by atoms with Crippen LogP contribution in [0.25, 0.3) is 0 Å². The first-order valence-corrected chi connectivity index (χ1v) is 12.2. The number of hydrogen-bond acceptors (Lipinski definition) is 8. The Labute approximate surface area is 182 Å². The number of aliphatic hydroxyl groups excluding tert-OH is 1. The molecule has 2 aliphatic carbocycles. The van der Waals surface area contributed by atoms with Crippen molar-refractivity contribution >= 4 is 34.2 Å². The lowest BCUT2D eigenvalue weighted by Gasteiger charge is -2.51. The topological polar surface area (TPSA) is 95.3 Å². The number of nitrogens with zero attached hydrogens (tertiary/aromatic N) is 6. The van der Waals surface area contributed by atoms with Crippen LogP contribution in [0.3, 0.4) is 0 Å². The molecule has 2 aromatic rings. The van der Waals surface area contributed by atoms with Crippen LogP contribution in [0.5, 0.6) is 0 Å². The van der Waals surface area contributed by atoms with Crippen molar-refractivity contribution in [1.29, 1.82) is 0 Å². The second-order valence-corrected chi connectivity index (χ2v) is 10.8. The van der Waals surface area contributed by atoms with Crippen molar-refractivity contribution in [2.24, 2.45) is 11.8 Å². The van der Waals surface area contributed by atoms with E-state index in [1.165, 1.54) is 0 Å². The molecular weight excluding hydrogens is 424 g/mol. The molecule has 3 fully saturated rings. The lowest BCUT2D eigenvalue weighted by atomic mass is 9.76. The summed E-state index contributed by atoms with van der Waals surface area (Å²) in [5, 5.41) is 10.6. The summed E-state index contributed by atoms with van der Waals surface area (Å²) < 4.78 is 12.6. The predicted molar refractivity (Wildman–Crippen MR) is 113 cm³/mol. The van der Waals surface area contributed by atoms with Gasteiger partial charge in [-0.2, -0.15) is 4.98 Å². The summed E-state index contributed by atoms with van der Waals surface area (Å²) in [4.78, 5) is 23.3. The zero-order valence-electron chi connectivity index (χ0n) is 16.4. The van der Waals surface area contributed by atoms with E-state index < -0.39 is 10.8 Å². The fourth-order valence-corrected chi connectivity index (χ4v) is 6.57. The third-order valence-electron chi connectivity index (χ3n) is 7.29. The minimum Gasteiger partial charge on any atom is -0.394 e. The number of fused-ring (bicyclic) bond motifs is 2. The zero-order chi connectivity index (χ0) is 20.5. The van der Waals surface area contributed by atoms with Crippen molar-refractivity contribution in [2.45, 2.75) is 35.6 Å². The Morgan fingerprint density at radius 3 is 2.53 bits per heavy atom. The Balaban J connectivity index is 1.24. The Morgan fingerprint density at radius 1 is 1.17 bits per heavy atom. The van der Waals surface area contributed by atoms with E-state index in [0.717, 1.165) is 44.0 Å². The van der Waals surface area contributed by atoms with Gasteiger partial charge in [0.15, 0.2) is 5.82 Å². The SMILES string of the molecule is O=[S@@]1CCN(C2(CO)CCC2)c2nc(N3CC4C(C3)C4c3ncc(Cl)cn3)ncc21. The minimum atomic E-state index is -1.09. The lowest BCUT2D eigenvalue weighted by Crippen LogP contribution is -2.59. The monoisotopic (exact) mass is 446 g/mol. The molecule has 2 aliphatic heterocycles. The largest absolute Gasteiger partial charge is 0.394 e. The van der Waals surface area contributed by atoms with Crippen LogP contribution in [-0.2, 0) is 10.8 Å². The van der Waals surface area contributed by atoms with E-state index in [1.807, 2.05) is 0 Å². The molecule has 2 unspecified atom stereocenters. The molecule has 4 aliphatic rings. The molecule has 158 valence electrons. The molecule has 3 atom stereocenters. The molecule has 4 heterocycles. The molecule has 1 N–H and O–H groups in total. The van der Waals surface area contributed by atoms with Crippen molar-refractivity contribution in [2.75, 3.05) is 41.8 Å². The average molecular weight is 447 g/mol. The van der Waals surface area contributed by atoms with Crippen molar-refractivity contribution in [1.82, 2.24) is 19.9 Å². The van der Waals surface area contributed by atoms with Crippen LogP contribution in [0, 0.1) is 11.8 Å². The average Bonchev–Trinajstić information content (AvgIpc) is 3.22. The summed E-state index contributed by atoms with van der Waals surface area (Å²) >= 11 is 5.91. The van der Waals surface area contributed by atoms with E-state index in [4.69, 9.17) is 16.6 Å². The molecule has 30 heavy (non-hydrogen) atoms. The number of anilines is 2. The molecule has 0 bridgehead atoms. The van der Waals surface area contributed by atoms with Crippen LogP contribution in [0.4, 0.5) is 11.8 Å². The number of piperidine rings is 1. The van der Waals surface area contributed by atoms with E-state index in [-0.39, 0.29) is 12.1 Å². The molecule has 2 aromatic heterocycles. The third-order valence-corrected chi connectivity index (χ3v) is 8.82. The molecule has 2 saturated carbocycles. The van der Waals surface area contributed by atoms with Crippen molar-refractivity contribution in [3.8, 4) is 0 Å². The first kappa shape index (κ1) is 18.9. The third kappa shape index (κ3) is 2.78. The summed E-state index contributed by atoms with van der Waals surface area (Å²) in [5.74, 6) is 4.26. The van der Waals surface area contributed by atoms with Crippen LogP contribution < -0.4 is 9.80 Å². The molecule has 1 saturated heterocycles. The molecule has 0 amide bonds. The highest BCUT2D eigenvalue weighted by Gasteiger charge is 2.58. The highest BCUT2D eigenvalue weighted by atomic mass is 35.5. The van der Waals surface area contributed by atoms with Gasteiger partial charge in [0.1, 0.15) is 5.82 Å². The molecule has 0 aromatic carbocycles. The normalized spacial score (nSPS) is 31.1. The quantitative estimate of drug-likeness (QED) is 0.756. The fraction of sp³-hybridized carbons (Fsp3) is 0.600. The first-order valence-electron chi connectivity index (χ1n) is 10.5. The molecular formula is C20H23ClN6O2S. The van der Waals surface area contributed by atoms with E-state index >= 15 is 0 Å². The van der Waals surface area contributed by atoms with E-state index in [1.54, 1.807) is 18.6 Å². The van der Waals surface area contributed by atoms with Crippen molar-refractivity contribution in [3.63, 3.8) is 0 Å². The summed E-state index contributed by atoms with van der Waals surface area (Å²) in [6, 6.07) is 0. The molecule has 10 heteroatoms. The standard InChI is InChI=1S/C20H23ClN6O2S/c21-12-6-22-17(23-7-12)16-13-9-26(10-14(13)16)19-24-8-15-18(25-19)27(4-5-30(15)29)20(11-28)2-1-3-20/h6-8,13-14,16,28H,1-5,9-11H2/t13?,14?,16?,30-/m1/s1. The van der Waals surface area contributed by atoms with Gasteiger partial charge in [-0.3, -0.25) is 4.21 Å². The van der Waals surface area contributed by atoms with Crippen LogP contribution in [0.2, 0.25) is 5.02 Å². The van der Waals surface area contributed by atoms with E-state index in [0.29, 0.717) is 45.9 Å². The number of aromatic nitrogens is 4. The fourth-order valence-electron chi connectivity index (χ4n) is 5.38. The molecule has 8 nitrogen and oxygen atoms in total. The van der Waals surface area contributed by atoms with Crippen LogP contribution in [0.15, 0.2) is 23.5 Å². The second-order valence-electron chi connectivity index (χ2n) is 8.81. The Hall–Kier alpha value is -1.84.